The number of ether oxygens (including phenoxy) is 1. The van der Waals surface area contributed by atoms with Crippen molar-refractivity contribution < 1.29 is 23.1 Å². The lowest BCUT2D eigenvalue weighted by atomic mass is 10.0. The van der Waals surface area contributed by atoms with Crippen LogP contribution in [0.1, 0.15) is 18.5 Å². The maximum Gasteiger partial charge on any atom is 0.240 e. The van der Waals surface area contributed by atoms with Crippen molar-refractivity contribution >= 4 is 29.4 Å². The molecule has 0 atom stereocenters. The average Bonchev–Trinajstić information content (AvgIpc) is 3.61. The van der Waals surface area contributed by atoms with Gasteiger partial charge in [0.25, 0.3) is 0 Å². The Morgan fingerprint density at radius 3 is 2.30 bits per heavy atom. The van der Waals surface area contributed by atoms with E-state index in [4.69, 9.17) is 10.1 Å². The zero-order valence-corrected chi connectivity index (χ0v) is 17.4. The molecule has 0 saturated heterocycles. The molecule has 0 aliphatic heterocycles. The zero-order valence-electron chi connectivity index (χ0n) is 17.4. The van der Waals surface area contributed by atoms with Gasteiger partial charge in [-0.15, -0.1) is 0 Å². The lowest BCUT2D eigenvalue weighted by molar-refractivity contribution is -0.131. The van der Waals surface area contributed by atoms with Gasteiger partial charge in [0, 0.05) is 36.3 Å². The van der Waals surface area contributed by atoms with E-state index >= 15 is 0 Å². The monoisotopic (exact) mass is 450 g/mol. The fourth-order valence-electron chi connectivity index (χ4n) is 3.26. The second-order valence-electron chi connectivity index (χ2n) is 7.60. The first-order chi connectivity index (χ1) is 15.9. The lowest BCUT2D eigenvalue weighted by Gasteiger charge is -2.16. The van der Waals surface area contributed by atoms with E-state index in [9.17, 15) is 18.4 Å². The van der Waals surface area contributed by atoms with Gasteiger partial charge in [0.1, 0.15) is 17.0 Å². The highest BCUT2D eigenvalue weighted by Gasteiger charge is 2.56. The highest BCUT2D eigenvalue weighted by Crippen LogP contribution is 2.47. The molecule has 1 fully saturated rings. The van der Waals surface area contributed by atoms with Gasteiger partial charge in [-0.3, -0.25) is 14.6 Å². The first-order valence-electron chi connectivity index (χ1n) is 10.2. The summed E-state index contributed by atoms with van der Waals surface area (Å²) in [6.07, 6.45) is 3.68. The number of pyridine rings is 1. The first-order valence-corrected chi connectivity index (χ1v) is 10.2. The minimum Gasteiger partial charge on any atom is -0.452 e. The van der Waals surface area contributed by atoms with Crippen LogP contribution >= 0.6 is 0 Å². The molecule has 1 aromatic heterocycles. The summed E-state index contributed by atoms with van der Waals surface area (Å²) in [5.41, 5.74) is -0.202. The van der Waals surface area contributed by atoms with Crippen LogP contribution < -0.4 is 15.4 Å². The molecule has 1 aliphatic rings. The second-order valence-corrected chi connectivity index (χ2v) is 7.60. The molecular weight excluding hydrogens is 430 g/mol. The van der Waals surface area contributed by atoms with Crippen LogP contribution in [0.4, 0.5) is 20.2 Å². The molecule has 0 unspecified atom stereocenters. The van der Waals surface area contributed by atoms with Gasteiger partial charge in [0.2, 0.25) is 11.8 Å². The van der Waals surface area contributed by atoms with Crippen molar-refractivity contribution in [1.29, 1.82) is 5.41 Å². The van der Waals surface area contributed by atoms with Gasteiger partial charge in [0.15, 0.2) is 11.6 Å². The summed E-state index contributed by atoms with van der Waals surface area (Å²) in [7, 11) is 0. The number of hydrogen-bond donors (Lipinski definition) is 3. The summed E-state index contributed by atoms with van der Waals surface area (Å²) in [5.74, 6) is -1.93. The molecular formula is C24H20F2N4O3. The third-order valence-electron chi connectivity index (χ3n) is 5.27. The Morgan fingerprint density at radius 1 is 1.00 bits per heavy atom. The molecule has 1 saturated carbocycles. The van der Waals surface area contributed by atoms with Gasteiger partial charge >= 0.3 is 0 Å². The van der Waals surface area contributed by atoms with Crippen LogP contribution in [0.25, 0.3) is 0 Å². The van der Waals surface area contributed by atoms with Crippen LogP contribution in [0, 0.1) is 22.5 Å². The SMILES string of the molecule is N=CCc1ncccc1Oc1ccc(NC(=O)C2(C(=O)Nc3ccc(F)cc3)CC2)cc1F. The predicted octanol–water partition coefficient (Wildman–Crippen LogP) is 4.70. The van der Waals surface area contributed by atoms with E-state index in [1.54, 1.807) is 18.3 Å². The minimum absolute atomic E-state index is 0.0672. The normalized spacial score (nSPS) is 13.6. The number of aromatic nitrogens is 1. The maximum atomic E-state index is 14.6. The number of hydrogen-bond acceptors (Lipinski definition) is 5. The highest BCUT2D eigenvalue weighted by molar-refractivity contribution is 6.16. The van der Waals surface area contributed by atoms with Gasteiger partial charge < -0.3 is 20.8 Å². The van der Waals surface area contributed by atoms with Gasteiger partial charge in [0.05, 0.1) is 5.69 Å². The molecule has 4 rings (SSSR count). The topological polar surface area (TPSA) is 104 Å². The van der Waals surface area contributed by atoms with Crippen LogP contribution in [0.3, 0.4) is 0 Å². The Balaban J connectivity index is 1.43. The van der Waals surface area contributed by atoms with E-state index in [1.807, 2.05) is 0 Å². The standard InChI is InChI=1S/C24H20F2N4O3/c25-15-3-5-16(6-4-15)29-22(31)24(10-11-24)23(32)30-17-7-8-20(18(26)14-17)33-21-2-1-13-28-19(21)9-12-27/h1-8,12-14,27H,9-11H2,(H,29,31)(H,30,32). The molecule has 0 bridgehead atoms. The van der Waals surface area contributed by atoms with Crippen molar-refractivity contribution in [3.8, 4) is 11.5 Å². The van der Waals surface area contributed by atoms with Crippen LogP contribution in [-0.4, -0.2) is 23.0 Å². The zero-order chi connectivity index (χ0) is 23.4. The second kappa shape index (κ2) is 9.15. The molecule has 2 amide bonds. The molecule has 1 aliphatic carbocycles. The van der Waals surface area contributed by atoms with Crippen molar-refractivity contribution in [2.75, 3.05) is 10.6 Å². The largest absolute Gasteiger partial charge is 0.452 e. The summed E-state index contributed by atoms with van der Waals surface area (Å²) in [4.78, 5) is 29.5. The predicted molar refractivity (Wildman–Crippen MR) is 119 cm³/mol. The quantitative estimate of drug-likeness (QED) is 0.342. The molecule has 2 aromatic carbocycles. The Hall–Kier alpha value is -4.14. The lowest BCUT2D eigenvalue weighted by Crippen LogP contribution is -2.35. The first kappa shape index (κ1) is 22.1. The molecule has 7 nitrogen and oxygen atoms in total. The molecule has 33 heavy (non-hydrogen) atoms. The van der Waals surface area contributed by atoms with E-state index < -0.39 is 28.9 Å². The molecule has 1 heterocycles. The van der Waals surface area contributed by atoms with Gasteiger partial charge in [-0.25, -0.2) is 8.78 Å². The van der Waals surface area contributed by atoms with E-state index in [-0.39, 0.29) is 17.9 Å². The smallest absolute Gasteiger partial charge is 0.240 e. The van der Waals surface area contributed by atoms with Crippen molar-refractivity contribution in [2.45, 2.75) is 19.3 Å². The average molecular weight is 450 g/mol. The number of benzene rings is 2. The number of nitrogens with one attached hydrogen (secondary N) is 3. The summed E-state index contributed by atoms with van der Waals surface area (Å²) in [5, 5.41) is 12.4. The number of rotatable bonds is 8. The van der Waals surface area contributed by atoms with Crippen molar-refractivity contribution in [1.82, 2.24) is 4.98 Å². The summed E-state index contributed by atoms with van der Waals surface area (Å²) < 4.78 is 33.3. The third kappa shape index (κ3) is 4.87. The van der Waals surface area contributed by atoms with Crippen molar-refractivity contribution in [2.24, 2.45) is 5.41 Å². The highest BCUT2D eigenvalue weighted by atomic mass is 19.1. The summed E-state index contributed by atoms with van der Waals surface area (Å²) in [6, 6.07) is 12.4. The number of halogens is 2. The van der Waals surface area contributed by atoms with Gasteiger partial charge in [-0.2, -0.15) is 0 Å². The minimum atomic E-state index is -1.25. The Labute approximate surface area is 188 Å². The number of nitrogens with zero attached hydrogens (tertiary/aromatic N) is 1. The fourth-order valence-corrected chi connectivity index (χ4v) is 3.26. The van der Waals surface area contributed by atoms with Gasteiger partial charge in [-0.05, 0) is 61.4 Å². The Morgan fingerprint density at radius 2 is 1.67 bits per heavy atom. The Bertz CT molecular complexity index is 1210. The number of anilines is 2. The maximum absolute atomic E-state index is 14.6. The van der Waals surface area contributed by atoms with E-state index in [2.05, 4.69) is 15.6 Å². The van der Waals surface area contributed by atoms with E-state index in [1.165, 1.54) is 42.6 Å². The summed E-state index contributed by atoms with van der Waals surface area (Å²) in [6.45, 7) is 0. The van der Waals surface area contributed by atoms with Crippen LogP contribution in [0.5, 0.6) is 11.5 Å². The summed E-state index contributed by atoms with van der Waals surface area (Å²) >= 11 is 0. The number of carbonyl (C=O) groups excluding carboxylic acids is 2. The fraction of sp³-hybridized carbons (Fsp3) is 0.167. The van der Waals surface area contributed by atoms with Crippen LogP contribution in [0.15, 0.2) is 60.8 Å². The Kier molecular flexibility index (Phi) is 6.12. The third-order valence-corrected chi connectivity index (χ3v) is 5.27. The molecule has 168 valence electrons. The molecule has 9 heteroatoms. The van der Waals surface area contributed by atoms with Gasteiger partial charge in [-0.1, -0.05) is 0 Å². The molecule has 3 aromatic rings. The van der Waals surface area contributed by atoms with E-state index in [0.29, 0.717) is 30.0 Å². The van der Waals surface area contributed by atoms with Crippen molar-refractivity contribution in [3.63, 3.8) is 0 Å². The number of amides is 2. The molecule has 0 radical (unpaired) electrons. The number of carbonyl (C=O) groups is 2. The van der Waals surface area contributed by atoms with Crippen LogP contribution in [0.2, 0.25) is 0 Å². The molecule has 0 spiro atoms. The molecule has 3 N–H and O–H groups in total. The van der Waals surface area contributed by atoms with Crippen LogP contribution in [-0.2, 0) is 16.0 Å². The van der Waals surface area contributed by atoms with E-state index in [0.717, 1.165) is 6.07 Å². The van der Waals surface area contributed by atoms with Crippen molar-refractivity contribution in [3.05, 3.63) is 78.1 Å².